The normalized spacial score (nSPS) is 10.8. The molecule has 0 saturated heterocycles. The molecule has 20 heavy (non-hydrogen) atoms. The third-order valence-corrected chi connectivity index (χ3v) is 3.76. The molecule has 1 N–H and O–H groups in total. The highest BCUT2D eigenvalue weighted by molar-refractivity contribution is 6.30. The van der Waals surface area contributed by atoms with Crippen LogP contribution in [0, 0.1) is 0 Å². The van der Waals surface area contributed by atoms with Gasteiger partial charge in [-0.1, -0.05) is 55.3 Å². The fraction of sp³-hybridized carbons (Fsp3) is 0.333. The van der Waals surface area contributed by atoms with Crippen molar-refractivity contribution in [3.63, 3.8) is 0 Å². The van der Waals surface area contributed by atoms with Crippen molar-refractivity contribution >= 4 is 11.6 Å². The van der Waals surface area contributed by atoms with Gasteiger partial charge in [-0.15, -0.1) is 0 Å². The Hall–Kier alpha value is -1.31. The van der Waals surface area contributed by atoms with Gasteiger partial charge < -0.3 is 5.32 Å². The lowest BCUT2D eigenvalue weighted by Gasteiger charge is -2.11. The minimum Gasteiger partial charge on any atom is -0.316 e. The van der Waals surface area contributed by atoms with E-state index >= 15 is 0 Å². The molecule has 0 atom stereocenters. The van der Waals surface area contributed by atoms with Crippen LogP contribution in [0.25, 0.3) is 11.1 Å². The Kier molecular flexibility index (Phi) is 5.63. The summed E-state index contributed by atoms with van der Waals surface area (Å²) in [6.45, 7) is 3.08. The molecule has 0 saturated carbocycles. The van der Waals surface area contributed by atoms with Crippen molar-refractivity contribution in [1.82, 2.24) is 5.32 Å². The van der Waals surface area contributed by atoms with Crippen LogP contribution in [0.1, 0.15) is 30.9 Å². The van der Waals surface area contributed by atoms with Gasteiger partial charge in [-0.05, 0) is 54.3 Å². The molecular weight excluding hydrogens is 266 g/mol. The van der Waals surface area contributed by atoms with Crippen LogP contribution in [0.4, 0.5) is 0 Å². The number of hydrogen-bond donors (Lipinski definition) is 1. The van der Waals surface area contributed by atoms with Crippen molar-refractivity contribution in [1.29, 1.82) is 0 Å². The number of benzene rings is 2. The van der Waals surface area contributed by atoms with E-state index in [9.17, 15) is 0 Å². The van der Waals surface area contributed by atoms with Crippen molar-refractivity contribution in [3.8, 4) is 11.1 Å². The fourth-order valence-electron chi connectivity index (χ4n) is 2.39. The maximum atomic E-state index is 6.15. The average Bonchev–Trinajstić information content (AvgIpc) is 2.48. The summed E-state index contributed by atoms with van der Waals surface area (Å²) in [6, 6.07) is 15.0. The van der Waals surface area contributed by atoms with E-state index in [1.54, 1.807) is 0 Å². The summed E-state index contributed by atoms with van der Waals surface area (Å²) >= 11 is 6.15. The molecule has 2 aromatic carbocycles. The minimum absolute atomic E-state index is 0.787. The van der Waals surface area contributed by atoms with Gasteiger partial charge in [-0.25, -0.2) is 0 Å². The zero-order valence-corrected chi connectivity index (χ0v) is 13.0. The molecule has 1 nitrogen and oxygen atoms in total. The van der Waals surface area contributed by atoms with E-state index in [4.69, 9.17) is 11.6 Å². The third kappa shape index (κ3) is 3.84. The molecule has 0 aliphatic rings. The predicted molar refractivity (Wildman–Crippen MR) is 88.3 cm³/mol. The van der Waals surface area contributed by atoms with Crippen LogP contribution in [0.15, 0.2) is 42.5 Å². The topological polar surface area (TPSA) is 12.0 Å². The van der Waals surface area contributed by atoms with Crippen molar-refractivity contribution in [2.75, 3.05) is 7.05 Å². The Morgan fingerprint density at radius 3 is 2.45 bits per heavy atom. The van der Waals surface area contributed by atoms with Crippen LogP contribution < -0.4 is 5.32 Å². The maximum Gasteiger partial charge on any atom is 0.0412 e. The summed E-state index contributed by atoms with van der Waals surface area (Å²) < 4.78 is 0. The molecule has 0 aliphatic carbocycles. The summed E-state index contributed by atoms with van der Waals surface area (Å²) in [5.41, 5.74) is 5.14. The lowest BCUT2D eigenvalue weighted by Crippen LogP contribution is -2.06. The SMILES string of the molecule is CCCCc1ccc(-c2cc(Cl)ccc2CNC)cc1. The summed E-state index contributed by atoms with van der Waals surface area (Å²) in [5.74, 6) is 0. The van der Waals surface area contributed by atoms with Crippen LogP contribution in [0.5, 0.6) is 0 Å². The van der Waals surface area contributed by atoms with Crippen LogP contribution >= 0.6 is 11.6 Å². The van der Waals surface area contributed by atoms with E-state index in [1.807, 2.05) is 13.1 Å². The zero-order valence-electron chi connectivity index (χ0n) is 12.2. The Labute approximate surface area is 127 Å². The van der Waals surface area contributed by atoms with Gasteiger partial charge in [0.15, 0.2) is 0 Å². The highest BCUT2D eigenvalue weighted by atomic mass is 35.5. The first-order chi connectivity index (χ1) is 9.74. The average molecular weight is 288 g/mol. The molecule has 2 heteroatoms. The largest absolute Gasteiger partial charge is 0.316 e. The third-order valence-electron chi connectivity index (χ3n) is 3.52. The first-order valence-corrected chi connectivity index (χ1v) is 7.64. The first kappa shape index (κ1) is 15.1. The van der Waals surface area contributed by atoms with Crippen LogP contribution in [0.3, 0.4) is 0 Å². The van der Waals surface area contributed by atoms with E-state index in [1.165, 1.54) is 35.1 Å². The molecule has 0 heterocycles. The Morgan fingerprint density at radius 1 is 1.05 bits per heavy atom. The van der Waals surface area contributed by atoms with Crippen molar-refractivity contribution in [2.45, 2.75) is 32.7 Å². The van der Waals surface area contributed by atoms with Crippen LogP contribution in [0.2, 0.25) is 5.02 Å². The summed E-state index contributed by atoms with van der Waals surface area (Å²) in [7, 11) is 1.96. The van der Waals surface area contributed by atoms with Gasteiger partial charge in [0, 0.05) is 11.6 Å². The minimum atomic E-state index is 0.787. The molecule has 0 fully saturated rings. The molecule has 0 amide bonds. The molecule has 2 rings (SSSR count). The molecule has 0 aromatic heterocycles. The summed E-state index contributed by atoms with van der Waals surface area (Å²) in [4.78, 5) is 0. The number of nitrogens with one attached hydrogen (secondary N) is 1. The Balaban J connectivity index is 2.28. The number of hydrogen-bond acceptors (Lipinski definition) is 1. The van der Waals surface area contributed by atoms with Crippen molar-refractivity contribution < 1.29 is 0 Å². The molecule has 0 bridgehead atoms. The molecule has 0 radical (unpaired) electrons. The van der Waals surface area contributed by atoms with Gasteiger partial charge >= 0.3 is 0 Å². The van der Waals surface area contributed by atoms with E-state index in [-0.39, 0.29) is 0 Å². The van der Waals surface area contributed by atoms with Gasteiger partial charge in [0.1, 0.15) is 0 Å². The van der Waals surface area contributed by atoms with E-state index in [0.29, 0.717) is 0 Å². The number of halogens is 1. The molecule has 0 aliphatic heterocycles. The molecule has 0 unspecified atom stereocenters. The number of rotatable bonds is 6. The van der Waals surface area contributed by atoms with E-state index < -0.39 is 0 Å². The lowest BCUT2D eigenvalue weighted by atomic mass is 9.97. The second-order valence-electron chi connectivity index (χ2n) is 5.13. The van der Waals surface area contributed by atoms with E-state index in [0.717, 1.165) is 18.0 Å². The van der Waals surface area contributed by atoms with Crippen LogP contribution in [-0.2, 0) is 13.0 Å². The van der Waals surface area contributed by atoms with Gasteiger partial charge in [-0.3, -0.25) is 0 Å². The summed E-state index contributed by atoms with van der Waals surface area (Å²) in [5, 5.41) is 4.00. The van der Waals surface area contributed by atoms with Gasteiger partial charge in [-0.2, -0.15) is 0 Å². The number of unbranched alkanes of at least 4 members (excludes halogenated alkanes) is 1. The second-order valence-corrected chi connectivity index (χ2v) is 5.57. The van der Waals surface area contributed by atoms with Gasteiger partial charge in [0.2, 0.25) is 0 Å². The number of aryl methyl sites for hydroxylation is 1. The molecule has 106 valence electrons. The molecule has 0 spiro atoms. The smallest absolute Gasteiger partial charge is 0.0412 e. The van der Waals surface area contributed by atoms with Gasteiger partial charge in [0.05, 0.1) is 0 Å². The molecular formula is C18H22ClN. The zero-order chi connectivity index (χ0) is 14.4. The molecule has 2 aromatic rings. The first-order valence-electron chi connectivity index (χ1n) is 7.27. The predicted octanol–water partition coefficient (Wildman–Crippen LogP) is 5.07. The maximum absolute atomic E-state index is 6.15. The van der Waals surface area contributed by atoms with Gasteiger partial charge in [0.25, 0.3) is 0 Å². The standard InChI is InChI=1S/C18H22ClN/c1-3-4-5-14-6-8-15(9-7-14)18-12-17(19)11-10-16(18)13-20-2/h6-12,20H,3-5,13H2,1-2H3. The summed E-state index contributed by atoms with van der Waals surface area (Å²) in [6.07, 6.45) is 3.65. The monoisotopic (exact) mass is 287 g/mol. The quantitative estimate of drug-likeness (QED) is 0.782. The van der Waals surface area contributed by atoms with E-state index in [2.05, 4.69) is 48.6 Å². The lowest BCUT2D eigenvalue weighted by molar-refractivity contribution is 0.795. The highest BCUT2D eigenvalue weighted by Gasteiger charge is 2.06. The van der Waals surface area contributed by atoms with Crippen LogP contribution in [-0.4, -0.2) is 7.05 Å². The highest BCUT2D eigenvalue weighted by Crippen LogP contribution is 2.27. The van der Waals surface area contributed by atoms with Crippen molar-refractivity contribution in [3.05, 3.63) is 58.6 Å². The Bertz CT molecular complexity index is 546. The Morgan fingerprint density at radius 2 is 1.80 bits per heavy atom. The van der Waals surface area contributed by atoms with Crippen molar-refractivity contribution in [2.24, 2.45) is 0 Å². The second kappa shape index (κ2) is 7.47. The fourth-order valence-corrected chi connectivity index (χ4v) is 2.57.